The van der Waals surface area contributed by atoms with Gasteiger partial charge in [-0.2, -0.15) is 0 Å². The molecule has 2 heterocycles. The lowest BCUT2D eigenvalue weighted by Gasteiger charge is -2.19. The van der Waals surface area contributed by atoms with Gasteiger partial charge in [0.05, 0.1) is 36.1 Å². The van der Waals surface area contributed by atoms with E-state index in [1.165, 1.54) is 12.8 Å². The molecule has 29 heavy (non-hydrogen) atoms. The van der Waals surface area contributed by atoms with Gasteiger partial charge in [0.15, 0.2) is 0 Å². The number of nitrogens with zero attached hydrogens (tertiary/aromatic N) is 2. The molecule has 0 saturated carbocycles. The van der Waals surface area contributed by atoms with E-state index < -0.39 is 0 Å². The fourth-order valence-corrected chi connectivity index (χ4v) is 3.88. The third-order valence-corrected chi connectivity index (χ3v) is 5.67. The van der Waals surface area contributed by atoms with Crippen molar-refractivity contribution in [2.75, 3.05) is 39.4 Å². The van der Waals surface area contributed by atoms with Gasteiger partial charge in [-0.05, 0) is 43.5 Å². The van der Waals surface area contributed by atoms with Gasteiger partial charge in [-0.25, -0.2) is 0 Å². The molecule has 7 heteroatoms. The smallest absolute Gasteiger partial charge is 0.129 e. The van der Waals surface area contributed by atoms with Gasteiger partial charge in [-0.15, -0.1) is 0 Å². The van der Waals surface area contributed by atoms with Crippen LogP contribution in [0.15, 0.2) is 63.3 Å². The highest BCUT2D eigenvalue weighted by Crippen LogP contribution is 2.28. The van der Waals surface area contributed by atoms with Crippen LogP contribution in [0.25, 0.3) is 5.70 Å². The Hall–Kier alpha value is -2.28. The van der Waals surface area contributed by atoms with Crippen LogP contribution in [0, 0.1) is 0 Å². The molecular weight excluding hydrogens is 386 g/mol. The van der Waals surface area contributed by atoms with E-state index in [0.717, 1.165) is 30.8 Å². The zero-order valence-corrected chi connectivity index (χ0v) is 17.5. The minimum Gasteiger partial charge on any atom is -0.398 e. The summed E-state index contributed by atoms with van der Waals surface area (Å²) in [4.78, 5) is 6.97. The van der Waals surface area contributed by atoms with Crippen molar-refractivity contribution >= 4 is 23.1 Å². The summed E-state index contributed by atoms with van der Waals surface area (Å²) in [5, 5.41) is 0.323. The van der Waals surface area contributed by atoms with Gasteiger partial charge in [0.25, 0.3) is 0 Å². The van der Waals surface area contributed by atoms with E-state index in [2.05, 4.69) is 9.89 Å². The summed E-state index contributed by atoms with van der Waals surface area (Å²) in [6.45, 7) is 4.84. The summed E-state index contributed by atoms with van der Waals surface area (Å²) in [6, 6.07) is 9.55. The summed E-state index contributed by atoms with van der Waals surface area (Å²) in [6.07, 6.45) is 5.15. The quantitative estimate of drug-likeness (QED) is 0.361. The van der Waals surface area contributed by atoms with Crippen molar-refractivity contribution in [3.8, 4) is 0 Å². The van der Waals surface area contributed by atoms with Crippen molar-refractivity contribution in [2.24, 2.45) is 22.2 Å². The minimum absolute atomic E-state index is 0.318. The lowest BCUT2D eigenvalue weighted by atomic mass is 10.00. The first kappa shape index (κ1) is 21.4. The van der Waals surface area contributed by atoms with E-state index in [-0.39, 0.29) is 0 Å². The van der Waals surface area contributed by atoms with Crippen LogP contribution >= 0.6 is 11.6 Å². The number of halogens is 1. The maximum Gasteiger partial charge on any atom is 0.129 e. The SMILES string of the molecule is NC(=NCCN1CCCC1)C(=C(N)C1=CCOCC1)/C(Cl)=C(\N)c1ccccc1. The molecule has 6 nitrogen and oxygen atoms in total. The molecule has 0 radical (unpaired) electrons. The number of ether oxygens (including phenoxy) is 1. The van der Waals surface area contributed by atoms with Gasteiger partial charge < -0.3 is 26.8 Å². The number of likely N-dealkylation sites (tertiary alicyclic amines) is 1. The van der Waals surface area contributed by atoms with E-state index in [9.17, 15) is 0 Å². The van der Waals surface area contributed by atoms with Crippen LogP contribution in [0.2, 0.25) is 0 Å². The number of hydrogen-bond acceptors (Lipinski definition) is 5. The molecule has 0 atom stereocenters. The molecule has 0 spiro atoms. The van der Waals surface area contributed by atoms with E-state index in [1.54, 1.807) is 0 Å². The van der Waals surface area contributed by atoms with Gasteiger partial charge >= 0.3 is 0 Å². The number of nitrogens with two attached hydrogens (primary N) is 3. The topological polar surface area (TPSA) is 103 Å². The van der Waals surface area contributed by atoms with Crippen molar-refractivity contribution in [1.82, 2.24) is 4.90 Å². The Bertz CT molecular complexity index is 823. The summed E-state index contributed by atoms with van der Waals surface area (Å²) in [5.74, 6) is 0.318. The molecule has 1 aromatic rings. The van der Waals surface area contributed by atoms with Crippen molar-refractivity contribution in [1.29, 1.82) is 0 Å². The van der Waals surface area contributed by atoms with Crippen molar-refractivity contribution < 1.29 is 4.74 Å². The Balaban J connectivity index is 1.93. The molecule has 1 aromatic carbocycles. The monoisotopic (exact) mass is 415 g/mol. The highest BCUT2D eigenvalue weighted by atomic mass is 35.5. The molecule has 1 saturated heterocycles. The molecule has 156 valence electrons. The average Bonchev–Trinajstić information content (AvgIpc) is 3.28. The second-order valence-electron chi connectivity index (χ2n) is 7.25. The Morgan fingerprint density at radius 1 is 1.07 bits per heavy atom. The van der Waals surface area contributed by atoms with Crippen molar-refractivity contribution in [2.45, 2.75) is 19.3 Å². The zero-order chi connectivity index (χ0) is 20.6. The fourth-order valence-electron chi connectivity index (χ4n) is 3.58. The highest BCUT2D eigenvalue weighted by Gasteiger charge is 2.20. The number of allylic oxidation sites excluding steroid dienone is 1. The van der Waals surface area contributed by atoms with E-state index in [0.29, 0.717) is 54.0 Å². The number of rotatable bonds is 7. The molecule has 0 bridgehead atoms. The molecule has 2 aliphatic heterocycles. The van der Waals surface area contributed by atoms with Crippen LogP contribution in [0.1, 0.15) is 24.8 Å². The predicted octanol–water partition coefficient (Wildman–Crippen LogP) is 2.57. The van der Waals surface area contributed by atoms with Crippen LogP contribution in [0.5, 0.6) is 0 Å². The lowest BCUT2D eigenvalue weighted by Crippen LogP contribution is -2.26. The second kappa shape index (κ2) is 10.5. The minimum atomic E-state index is 0.318. The van der Waals surface area contributed by atoms with Crippen molar-refractivity contribution in [3.05, 3.63) is 63.8 Å². The third kappa shape index (κ3) is 5.63. The molecule has 6 N–H and O–H groups in total. The first-order valence-electron chi connectivity index (χ1n) is 10.1. The van der Waals surface area contributed by atoms with Crippen LogP contribution in [-0.2, 0) is 4.74 Å². The Labute approximate surface area is 177 Å². The van der Waals surface area contributed by atoms with Gasteiger partial charge in [0.2, 0.25) is 0 Å². The second-order valence-corrected chi connectivity index (χ2v) is 7.63. The van der Waals surface area contributed by atoms with Gasteiger partial charge in [0, 0.05) is 12.2 Å². The van der Waals surface area contributed by atoms with Crippen LogP contribution in [0.3, 0.4) is 0 Å². The van der Waals surface area contributed by atoms with Gasteiger partial charge in [-0.3, -0.25) is 4.99 Å². The third-order valence-electron chi connectivity index (χ3n) is 5.27. The summed E-state index contributed by atoms with van der Waals surface area (Å²) in [5.41, 5.74) is 22.5. The summed E-state index contributed by atoms with van der Waals surface area (Å²) >= 11 is 6.73. The summed E-state index contributed by atoms with van der Waals surface area (Å²) in [7, 11) is 0. The van der Waals surface area contributed by atoms with Gasteiger partial charge in [0.1, 0.15) is 5.84 Å². The molecule has 3 rings (SSSR count). The maximum atomic E-state index is 6.73. The first-order valence-corrected chi connectivity index (χ1v) is 10.5. The number of hydrogen-bond donors (Lipinski definition) is 3. The van der Waals surface area contributed by atoms with Gasteiger partial charge in [-0.1, -0.05) is 48.0 Å². The standard InChI is InChI=1S/C22H30ClN5O/c23-19(21(25)16-6-2-1-3-7-16)18(20(24)17-8-14-29-15-9-17)22(26)27-10-13-28-11-4-5-12-28/h1-3,6-8H,4-5,9-15,24-25H2,(H2,26,27)/b20-18?,21-19+. The molecule has 1 fully saturated rings. The zero-order valence-electron chi connectivity index (χ0n) is 16.7. The van der Waals surface area contributed by atoms with Crippen LogP contribution < -0.4 is 17.2 Å². The predicted molar refractivity (Wildman–Crippen MR) is 120 cm³/mol. The number of benzene rings is 1. The fraction of sp³-hybridized carbons (Fsp3) is 0.409. The normalized spacial score (nSPS) is 20.2. The molecule has 2 aliphatic rings. The Morgan fingerprint density at radius 2 is 1.79 bits per heavy atom. The molecular formula is C22H30ClN5O. The number of amidine groups is 1. The molecule has 0 aromatic heterocycles. The molecule has 0 amide bonds. The van der Waals surface area contributed by atoms with Crippen molar-refractivity contribution in [3.63, 3.8) is 0 Å². The van der Waals surface area contributed by atoms with Crippen LogP contribution in [0.4, 0.5) is 0 Å². The highest BCUT2D eigenvalue weighted by molar-refractivity contribution is 6.38. The Morgan fingerprint density at radius 3 is 2.45 bits per heavy atom. The maximum absolute atomic E-state index is 6.73. The van der Waals surface area contributed by atoms with E-state index in [1.807, 2.05) is 36.4 Å². The van der Waals surface area contributed by atoms with E-state index in [4.69, 9.17) is 33.5 Å². The summed E-state index contributed by atoms with van der Waals surface area (Å²) < 4.78 is 5.40. The molecule has 0 unspecified atom stereocenters. The first-order chi connectivity index (χ1) is 14.1. The number of aliphatic imine (C=N–C) groups is 1. The van der Waals surface area contributed by atoms with E-state index >= 15 is 0 Å². The van der Waals surface area contributed by atoms with Crippen LogP contribution in [-0.4, -0.2) is 50.1 Å². The largest absolute Gasteiger partial charge is 0.398 e. The lowest BCUT2D eigenvalue weighted by molar-refractivity contribution is 0.155. The Kier molecular flexibility index (Phi) is 7.75. The average molecular weight is 416 g/mol. The molecule has 0 aliphatic carbocycles.